The lowest BCUT2D eigenvalue weighted by Gasteiger charge is -2.49. The van der Waals surface area contributed by atoms with Crippen molar-refractivity contribution in [3.8, 4) is 0 Å². The van der Waals surface area contributed by atoms with Crippen LogP contribution in [0.15, 0.2) is 18.2 Å². The number of nitrogens with one attached hydrogen (secondary N) is 3. The summed E-state index contributed by atoms with van der Waals surface area (Å²) in [6, 6.07) is 4.63. The summed E-state index contributed by atoms with van der Waals surface area (Å²) in [5, 5.41) is 14.0. The van der Waals surface area contributed by atoms with Gasteiger partial charge in [0.1, 0.15) is 6.04 Å². The molecular weight excluding hydrogens is 416 g/mol. The second kappa shape index (κ2) is 7.70. The maximum atomic E-state index is 12.8. The molecule has 170 valence electrons. The molecule has 1 saturated carbocycles. The third kappa shape index (κ3) is 3.64. The summed E-state index contributed by atoms with van der Waals surface area (Å²) in [6.07, 6.45) is 1.17. The fraction of sp³-hybridized carbons (Fsp3) is 0.500. The summed E-state index contributed by atoms with van der Waals surface area (Å²) in [4.78, 5) is 62.2. The first-order chi connectivity index (χ1) is 15.1. The molecule has 2 aliphatic heterocycles. The van der Waals surface area contributed by atoms with Crippen LogP contribution in [-0.4, -0.2) is 45.7 Å². The number of hydrogen-bond acceptors (Lipinski definition) is 6. The summed E-state index contributed by atoms with van der Waals surface area (Å²) >= 11 is 0. The van der Waals surface area contributed by atoms with E-state index in [0.29, 0.717) is 24.8 Å². The Morgan fingerprint density at radius 2 is 1.84 bits per heavy atom. The van der Waals surface area contributed by atoms with Gasteiger partial charge in [-0.15, -0.1) is 0 Å². The Hall–Kier alpha value is -3.27. The lowest BCUT2D eigenvalue weighted by molar-refractivity contribution is -0.160. The van der Waals surface area contributed by atoms with Crippen LogP contribution >= 0.6 is 0 Å². The Balaban J connectivity index is 1.38. The van der Waals surface area contributed by atoms with Crippen LogP contribution in [-0.2, 0) is 32.3 Å². The van der Waals surface area contributed by atoms with E-state index in [2.05, 4.69) is 10.6 Å². The molecule has 0 radical (unpaired) electrons. The molecule has 0 bridgehead atoms. The van der Waals surface area contributed by atoms with E-state index in [1.165, 1.54) is 4.90 Å². The van der Waals surface area contributed by atoms with Gasteiger partial charge in [0.15, 0.2) is 0 Å². The number of hydroxylamine groups is 1. The van der Waals surface area contributed by atoms with Crippen LogP contribution in [0.25, 0.3) is 0 Å². The molecule has 0 aromatic heterocycles. The third-order valence-electron chi connectivity index (χ3n) is 6.80. The number of rotatable bonds is 5. The minimum Gasteiger partial charge on any atom is -0.352 e. The van der Waals surface area contributed by atoms with Crippen LogP contribution in [0.2, 0.25) is 0 Å². The van der Waals surface area contributed by atoms with Gasteiger partial charge in [-0.3, -0.25) is 34.5 Å². The third-order valence-corrected chi connectivity index (χ3v) is 6.80. The summed E-state index contributed by atoms with van der Waals surface area (Å²) in [6.45, 7) is 4.03. The number of imide groups is 1. The largest absolute Gasteiger partial charge is 0.352 e. The smallest absolute Gasteiger partial charge is 0.255 e. The molecule has 1 aromatic carbocycles. The van der Waals surface area contributed by atoms with Crippen LogP contribution in [0.1, 0.15) is 61.0 Å². The highest BCUT2D eigenvalue weighted by atomic mass is 16.5. The molecule has 4 rings (SSSR count). The molecule has 3 aliphatic rings. The van der Waals surface area contributed by atoms with Crippen molar-refractivity contribution in [2.75, 3.05) is 0 Å². The van der Waals surface area contributed by atoms with Gasteiger partial charge in [-0.05, 0) is 36.5 Å². The second-order valence-electron chi connectivity index (χ2n) is 9.49. The van der Waals surface area contributed by atoms with E-state index < -0.39 is 28.7 Å². The van der Waals surface area contributed by atoms with Crippen LogP contribution in [0, 0.1) is 10.8 Å². The molecule has 4 N–H and O–H groups in total. The summed E-state index contributed by atoms with van der Waals surface area (Å²) in [5.74, 6) is -1.70. The number of amides is 5. The normalized spacial score (nSPS) is 29.2. The summed E-state index contributed by atoms with van der Waals surface area (Å²) in [5.41, 5.74) is 2.29. The first kappa shape index (κ1) is 21.9. The molecule has 10 heteroatoms. The molecule has 1 unspecified atom stereocenters. The van der Waals surface area contributed by atoms with Gasteiger partial charge in [0.2, 0.25) is 23.6 Å². The Kier molecular flexibility index (Phi) is 5.28. The maximum Gasteiger partial charge on any atom is 0.255 e. The van der Waals surface area contributed by atoms with Crippen molar-refractivity contribution < 1.29 is 29.2 Å². The number of carbonyl (C=O) groups is 5. The van der Waals surface area contributed by atoms with Gasteiger partial charge in [-0.2, -0.15) is 0 Å². The topological polar surface area (TPSA) is 145 Å². The Morgan fingerprint density at radius 1 is 1.16 bits per heavy atom. The predicted octanol–water partition coefficient (Wildman–Crippen LogP) is 0.376. The van der Waals surface area contributed by atoms with E-state index in [4.69, 9.17) is 5.21 Å². The van der Waals surface area contributed by atoms with E-state index in [1.807, 2.05) is 6.07 Å². The Labute approximate surface area is 184 Å². The molecule has 1 aliphatic carbocycles. The molecule has 32 heavy (non-hydrogen) atoms. The minimum atomic E-state index is -0.770. The average molecular weight is 442 g/mol. The van der Waals surface area contributed by atoms with Crippen molar-refractivity contribution in [1.29, 1.82) is 0 Å². The van der Waals surface area contributed by atoms with E-state index in [9.17, 15) is 24.0 Å². The van der Waals surface area contributed by atoms with Crippen molar-refractivity contribution in [2.24, 2.45) is 10.8 Å². The molecule has 5 amide bonds. The molecule has 1 atom stereocenters. The SMILES string of the molecule is CC1(C(=O)NO)CC(C)(C(=O)NCc2ccc3c(c2)CN(C2CCC(=O)NC2=O)C3=O)C1. The maximum absolute atomic E-state index is 12.8. The monoisotopic (exact) mass is 442 g/mol. The van der Waals surface area contributed by atoms with Gasteiger partial charge in [-0.1, -0.05) is 26.0 Å². The number of nitrogens with zero attached hydrogens (tertiary/aromatic N) is 1. The van der Waals surface area contributed by atoms with Gasteiger partial charge in [0.25, 0.3) is 5.91 Å². The standard InChI is InChI=1S/C22H26N4O6/c1-21(10-22(2,11-21)20(31)25-32)19(30)23-8-12-3-4-14-13(7-12)9-26(18(14)29)15-5-6-16(27)24-17(15)28/h3-4,7,15,32H,5-6,8-11H2,1-2H3,(H,23,30)(H,25,31)(H,24,27,28). The first-order valence-electron chi connectivity index (χ1n) is 10.6. The van der Waals surface area contributed by atoms with E-state index in [0.717, 1.165) is 11.1 Å². The molecule has 2 fully saturated rings. The van der Waals surface area contributed by atoms with Crippen molar-refractivity contribution in [2.45, 2.75) is 58.7 Å². The van der Waals surface area contributed by atoms with Crippen LogP contribution in [0.3, 0.4) is 0 Å². The summed E-state index contributed by atoms with van der Waals surface area (Å²) < 4.78 is 0. The molecule has 1 aromatic rings. The van der Waals surface area contributed by atoms with Gasteiger partial charge in [0.05, 0.1) is 5.41 Å². The highest BCUT2D eigenvalue weighted by molar-refractivity contribution is 6.05. The lowest BCUT2D eigenvalue weighted by atomic mass is 9.53. The molecule has 0 spiro atoms. The van der Waals surface area contributed by atoms with Crippen molar-refractivity contribution >= 4 is 29.5 Å². The number of carbonyl (C=O) groups excluding carboxylic acids is 5. The highest BCUT2D eigenvalue weighted by Gasteiger charge is 2.57. The molecule has 10 nitrogen and oxygen atoms in total. The average Bonchev–Trinajstić information content (AvgIpc) is 3.05. The van der Waals surface area contributed by atoms with E-state index in [-0.39, 0.29) is 37.2 Å². The van der Waals surface area contributed by atoms with Gasteiger partial charge >= 0.3 is 0 Å². The quantitative estimate of drug-likeness (QED) is 0.295. The number of benzene rings is 1. The second-order valence-corrected chi connectivity index (χ2v) is 9.49. The van der Waals surface area contributed by atoms with Crippen molar-refractivity contribution in [3.63, 3.8) is 0 Å². The van der Waals surface area contributed by atoms with E-state index in [1.54, 1.807) is 31.5 Å². The van der Waals surface area contributed by atoms with Crippen LogP contribution < -0.4 is 16.1 Å². The van der Waals surface area contributed by atoms with Crippen molar-refractivity contribution in [1.82, 2.24) is 21.0 Å². The van der Waals surface area contributed by atoms with Crippen LogP contribution in [0.5, 0.6) is 0 Å². The zero-order valence-electron chi connectivity index (χ0n) is 18.0. The Bertz CT molecular complexity index is 1030. The number of hydrogen-bond donors (Lipinski definition) is 4. The Morgan fingerprint density at radius 3 is 2.50 bits per heavy atom. The number of fused-ring (bicyclic) bond motifs is 1. The van der Waals surface area contributed by atoms with Gasteiger partial charge in [0, 0.05) is 30.5 Å². The zero-order valence-corrected chi connectivity index (χ0v) is 18.0. The van der Waals surface area contributed by atoms with Gasteiger partial charge in [-0.25, -0.2) is 5.48 Å². The van der Waals surface area contributed by atoms with E-state index >= 15 is 0 Å². The zero-order chi connectivity index (χ0) is 23.3. The predicted molar refractivity (Wildman–Crippen MR) is 110 cm³/mol. The fourth-order valence-corrected chi connectivity index (χ4v) is 5.26. The molecule has 1 saturated heterocycles. The fourth-order valence-electron chi connectivity index (χ4n) is 5.26. The first-order valence-corrected chi connectivity index (χ1v) is 10.6. The molecular formula is C22H26N4O6. The number of piperidine rings is 1. The summed E-state index contributed by atoms with van der Waals surface area (Å²) in [7, 11) is 0. The van der Waals surface area contributed by atoms with Gasteiger partial charge < -0.3 is 10.2 Å². The lowest BCUT2D eigenvalue weighted by Crippen LogP contribution is -2.57. The van der Waals surface area contributed by atoms with Crippen molar-refractivity contribution in [3.05, 3.63) is 34.9 Å². The molecule has 2 heterocycles. The van der Waals surface area contributed by atoms with Crippen LogP contribution in [0.4, 0.5) is 0 Å². The highest BCUT2D eigenvalue weighted by Crippen LogP contribution is 2.54. The minimum absolute atomic E-state index is 0.178.